The molecule has 3 heteroatoms. The van der Waals surface area contributed by atoms with Crippen molar-refractivity contribution in [2.75, 3.05) is 7.11 Å². The van der Waals surface area contributed by atoms with Crippen LogP contribution in [0.4, 0.5) is 0 Å². The Balaban J connectivity index is 1.80. The Hall–Kier alpha value is -1.06. The average Bonchev–Trinajstić information content (AvgIpc) is 3.30. The lowest BCUT2D eigenvalue weighted by molar-refractivity contribution is -0.0718. The van der Waals surface area contributed by atoms with E-state index in [0.29, 0.717) is 12.0 Å². The second-order valence-corrected chi connectivity index (χ2v) is 6.84. The minimum absolute atomic E-state index is 0.0898. The number of methoxy groups -OCH3 is 1. The van der Waals surface area contributed by atoms with Crippen LogP contribution in [-0.2, 0) is 4.74 Å². The Bertz CT molecular complexity index is 486. The maximum atomic E-state index is 6.61. The molecule has 0 amide bonds. The predicted molar refractivity (Wildman–Crippen MR) is 84.4 cm³/mol. The predicted octanol–water partition coefficient (Wildman–Crippen LogP) is 3.82. The fourth-order valence-corrected chi connectivity index (χ4v) is 3.60. The highest BCUT2D eigenvalue weighted by Crippen LogP contribution is 2.42. The molecule has 2 N–H and O–H groups in total. The van der Waals surface area contributed by atoms with Crippen molar-refractivity contribution in [3.63, 3.8) is 0 Å². The van der Waals surface area contributed by atoms with Crippen molar-refractivity contribution in [3.05, 3.63) is 29.8 Å². The molecule has 1 aromatic carbocycles. The summed E-state index contributed by atoms with van der Waals surface area (Å²) >= 11 is 0. The van der Waals surface area contributed by atoms with Gasteiger partial charge >= 0.3 is 0 Å². The van der Waals surface area contributed by atoms with Gasteiger partial charge in [0.05, 0.1) is 17.7 Å². The molecule has 0 spiro atoms. The van der Waals surface area contributed by atoms with Crippen molar-refractivity contribution in [2.45, 2.75) is 63.2 Å². The van der Waals surface area contributed by atoms with Crippen LogP contribution in [0, 0.1) is 5.92 Å². The minimum Gasteiger partial charge on any atom is -0.490 e. The first kappa shape index (κ1) is 14.9. The molecule has 3 rings (SSSR count). The van der Waals surface area contributed by atoms with Gasteiger partial charge in [0.2, 0.25) is 0 Å². The number of hydrogen-bond donors (Lipinski definition) is 1. The summed E-state index contributed by atoms with van der Waals surface area (Å²) in [6.07, 6.45) is 7.33. The Kier molecular flexibility index (Phi) is 4.23. The molecule has 1 aromatic rings. The molecule has 21 heavy (non-hydrogen) atoms. The number of ether oxygens (including phenoxy) is 2. The zero-order valence-electron chi connectivity index (χ0n) is 13.2. The van der Waals surface area contributed by atoms with E-state index in [4.69, 9.17) is 15.2 Å². The van der Waals surface area contributed by atoms with E-state index in [1.54, 1.807) is 0 Å². The number of benzene rings is 1. The zero-order chi connectivity index (χ0) is 14.9. The van der Waals surface area contributed by atoms with Gasteiger partial charge in [0.25, 0.3) is 0 Å². The molecule has 3 unspecified atom stereocenters. The smallest absolute Gasteiger partial charge is 0.120 e. The first-order valence-corrected chi connectivity index (χ1v) is 8.20. The summed E-state index contributed by atoms with van der Waals surface area (Å²) in [4.78, 5) is 0. The molecule has 2 aliphatic carbocycles. The molecule has 0 saturated heterocycles. The van der Waals surface area contributed by atoms with Gasteiger partial charge < -0.3 is 15.2 Å². The van der Waals surface area contributed by atoms with Crippen LogP contribution in [0.15, 0.2) is 24.3 Å². The number of nitrogens with two attached hydrogens (primary N) is 1. The molecule has 2 fully saturated rings. The summed E-state index contributed by atoms with van der Waals surface area (Å²) in [5, 5.41) is 0. The van der Waals surface area contributed by atoms with Crippen molar-refractivity contribution in [1.29, 1.82) is 0 Å². The molecule has 0 radical (unpaired) electrons. The summed E-state index contributed by atoms with van der Waals surface area (Å²) in [5.74, 6) is 1.62. The molecule has 2 aliphatic rings. The van der Waals surface area contributed by atoms with Gasteiger partial charge in [0, 0.05) is 7.11 Å². The first-order chi connectivity index (χ1) is 10.1. The van der Waals surface area contributed by atoms with E-state index >= 15 is 0 Å². The Labute approximate surface area is 127 Å². The molecule has 0 aliphatic heterocycles. The van der Waals surface area contributed by atoms with Crippen molar-refractivity contribution in [1.82, 2.24) is 0 Å². The van der Waals surface area contributed by atoms with Gasteiger partial charge in [-0.05, 0) is 49.3 Å². The van der Waals surface area contributed by atoms with Gasteiger partial charge in [-0.2, -0.15) is 0 Å². The summed E-state index contributed by atoms with van der Waals surface area (Å²) in [7, 11) is 1.81. The molecule has 0 heterocycles. The van der Waals surface area contributed by atoms with Crippen molar-refractivity contribution >= 4 is 0 Å². The minimum atomic E-state index is -0.226. The SMILES string of the molecule is COC1(C(N)c2cccc(OC3CC3)c2)CCCC(C)C1. The normalized spacial score (nSPS) is 30.9. The fourth-order valence-electron chi connectivity index (χ4n) is 3.60. The fraction of sp³-hybridized carbons (Fsp3) is 0.667. The summed E-state index contributed by atoms with van der Waals surface area (Å²) in [6.45, 7) is 2.30. The molecule has 3 nitrogen and oxygen atoms in total. The Morgan fingerprint density at radius 1 is 1.29 bits per heavy atom. The number of hydrogen-bond acceptors (Lipinski definition) is 3. The third-order valence-electron chi connectivity index (χ3n) is 5.01. The van der Waals surface area contributed by atoms with E-state index in [-0.39, 0.29) is 11.6 Å². The molecule has 2 saturated carbocycles. The van der Waals surface area contributed by atoms with Crippen molar-refractivity contribution < 1.29 is 9.47 Å². The largest absolute Gasteiger partial charge is 0.490 e. The van der Waals surface area contributed by atoms with Gasteiger partial charge in [0.15, 0.2) is 0 Å². The summed E-state index contributed by atoms with van der Waals surface area (Å²) in [6, 6.07) is 8.18. The van der Waals surface area contributed by atoms with Gasteiger partial charge in [-0.1, -0.05) is 31.9 Å². The lowest BCUT2D eigenvalue weighted by Gasteiger charge is -2.43. The highest BCUT2D eigenvalue weighted by atomic mass is 16.5. The van der Waals surface area contributed by atoms with E-state index in [1.165, 1.54) is 25.7 Å². The van der Waals surface area contributed by atoms with Crippen LogP contribution < -0.4 is 10.5 Å². The molecule has 0 bridgehead atoms. The first-order valence-electron chi connectivity index (χ1n) is 8.20. The lowest BCUT2D eigenvalue weighted by Crippen LogP contribution is -2.46. The van der Waals surface area contributed by atoms with Crippen LogP contribution in [0.3, 0.4) is 0 Å². The molecule has 3 atom stereocenters. The Morgan fingerprint density at radius 2 is 2.10 bits per heavy atom. The monoisotopic (exact) mass is 289 g/mol. The van der Waals surface area contributed by atoms with Crippen molar-refractivity contribution in [2.24, 2.45) is 11.7 Å². The molecule has 116 valence electrons. The van der Waals surface area contributed by atoms with Crippen LogP contribution in [0.1, 0.15) is 57.1 Å². The third-order valence-corrected chi connectivity index (χ3v) is 5.01. The van der Waals surface area contributed by atoms with Crippen LogP contribution in [0.2, 0.25) is 0 Å². The lowest BCUT2D eigenvalue weighted by atomic mass is 9.73. The van der Waals surface area contributed by atoms with Crippen LogP contribution in [-0.4, -0.2) is 18.8 Å². The second-order valence-electron chi connectivity index (χ2n) is 6.84. The van der Waals surface area contributed by atoms with Gasteiger partial charge in [-0.15, -0.1) is 0 Å². The third kappa shape index (κ3) is 3.24. The van der Waals surface area contributed by atoms with Gasteiger partial charge in [-0.25, -0.2) is 0 Å². The van der Waals surface area contributed by atoms with Crippen LogP contribution >= 0.6 is 0 Å². The standard InChI is InChI=1S/C18H27NO2/c1-13-5-4-10-18(12-13,20-2)17(19)14-6-3-7-16(11-14)21-15-8-9-15/h3,6-7,11,13,15,17H,4-5,8-10,12,19H2,1-2H3. The highest BCUT2D eigenvalue weighted by molar-refractivity contribution is 5.32. The molecular formula is C18H27NO2. The van der Waals surface area contributed by atoms with Gasteiger partial charge in [0.1, 0.15) is 5.75 Å². The topological polar surface area (TPSA) is 44.5 Å². The van der Waals surface area contributed by atoms with E-state index in [9.17, 15) is 0 Å². The highest BCUT2D eigenvalue weighted by Gasteiger charge is 2.41. The summed E-state index contributed by atoms with van der Waals surface area (Å²) in [5.41, 5.74) is 7.51. The molecule has 0 aromatic heterocycles. The van der Waals surface area contributed by atoms with Crippen LogP contribution in [0.25, 0.3) is 0 Å². The summed E-state index contributed by atoms with van der Waals surface area (Å²) < 4.78 is 11.8. The zero-order valence-corrected chi connectivity index (χ0v) is 13.2. The second kappa shape index (κ2) is 5.98. The van der Waals surface area contributed by atoms with E-state index in [1.807, 2.05) is 19.2 Å². The van der Waals surface area contributed by atoms with Crippen LogP contribution in [0.5, 0.6) is 5.75 Å². The van der Waals surface area contributed by atoms with E-state index in [0.717, 1.165) is 24.2 Å². The van der Waals surface area contributed by atoms with Gasteiger partial charge in [-0.3, -0.25) is 0 Å². The maximum absolute atomic E-state index is 6.61. The maximum Gasteiger partial charge on any atom is 0.120 e. The van der Waals surface area contributed by atoms with Crippen molar-refractivity contribution in [3.8, 4) is 5.75 Å². The average molecular weight is 289 g/mol. The molecular weight excluding hydrogens is 262 g/mol. The van der Waals surface area contributed by atoms with E-state index in [2.05, 4.69) is 19.1 Å². The number of rotatable bonds is 5. The van der Waals surface area contributed by atoms with E-state index < -0.39 is 0 Å². The quantitative estimate of drug-likeness (QED) is 0.896. The Morgan fingerprint density at radius 3 is 2.76 bits per heavy atom.